The first-order valence-corrected chi connectivity index (χ1v) is 10.3. The van der Waals surface area contributed by atoms with Crippen LogP contribution in [0.15, 0.2) is 54.7 Å². The molecule has 0 bridgehead atoms. The fourth-order valence-corrected chi connectivity index (χ4v) is 3.27. The number of hydrogen-bond donors (Lipinski definition) is 4. The summed E-state index contributed by atoms with van der Waals surface area (Å²) >= 11 is 0. The molecular weight excluding hydrogens is 430 g/mol. The Hall–Kier alpha value is -4.21. The van der Waals surface area contributed by atoms with Crippen molar-refractivity contribution in [2.75, 3.05) is 29.0 Å². The molecule has 8 nitrogen and oxygen atoms in total. The first-order valence-electron chi connectivity index (χ1n) is 10.3. The summed E-state index contributed by atoms with van der Waals surface area (Å²) in [5.41, 5.74) is 7.21. The molecule has 0 unspecified atom stereocenters. The fourth-order valence-electron chi connectivity index (χ4n) is 3.27. The predicted molar refractivity (Wildman–Crippen MR) is 121 cm³/mol. The van der Waals surface area contributed by atoms with Gasteiger partial charge in [-0.1, -0.05) is 12.1 Å². The molecule has 170 valence electrons. The SMILES string of the molecule is NC(=O)c1cnc(Nc2ccc(F)c(NC(=O)N3CCC3)c2)cc1NCc1cccc(F)c1. The van der Waals surface area contributed by atoms with Crippen LogP contribution in [0.3, 0.4) is 0 Å². The second-order valence-corrected chi connectivity index (χ2v) is 7.55. The third kappa shape index (κ3) is 5.35. The molecule has 2 heterocycles. The van der Waals surface area contributed by atoms with Gasteiger partial charge in [0.15, 0.2) is 0 Å². The highest BCUT2D eigenvalue weighted by atomic mass is 19.1. The monoisotopic (exact) mass is 452 g/mol. The number of nitrogens with one attached hydrogen (secondary N) is 3. The second kappa shape index (κ2) is 9.51. The van der Waals surface area contributed by atoms with Crippen LogP contribution in [0.1, 0.15) is 22.3 Å². The average molecular weight is 452 g/mol. The summed E-state index contributed by atoms with van der Waals surface area (Å²) in [4.78, 5) is 29.7. The molecule has 1 saturated heterocycles. The average Bonchev–Trinajstić information content (AvgIpc) is 2.73. The predicted octanol–water partition coefficient (Wildman–Crippen LogP) is 4.05. The van der Waals surface area contributed by atoms with Gasteiger partial charge in [-0.15, -0.1) is 0 Å². The van der Waals surface area contributed by atoms with E-state index < -0.39 is 11.7 Å². The van der Waals surface area contributed by atoms with E-state index in [-0.39, 0.29) is 29.6 Å². The number of carbonyl (C=O) groups excluding carboxylic acids is 2. The first kappa shape index (κ1) is 22.0. The molecule has 0 radical (unpaired) electrons. The van der Waals surface area contributed by atoms with Crippen molar-refractivity contribution in [1.29, 1.82) is 0 Å². The van der Waals surface area contributed by atoms with Crippen molar-refractivity contribution < 1.29 is 18.4 Å². The van der Waals surface area contributed by atoms with Crippen LogP contribution in [-0.2, 0) is 6.54 Å². The van der Waals surface area contributed by atoms with Crippen molar-refractivity contribution in [3.8, 4) is 0 Å². The number of benzene rings is 2. The van der Waals surface area contributed by atoms with E-state index in [0.717, 1.165) is 6.42 Å². The van der Waals surface area contributed by atoms with E-state index in [4.69, 9.17) is 5.73 Å². The molecule has 10 heteroatoms. The van der Waals surface area contributed by atoms with E-state index in [2.05, 4.69) is 20.9 Å². The van der Waals surface area contributed by atoms with Crippen LogP contribution in [0.5, 0.6) is 0 Å². The van der Waals surface area contributed by atoms with Crippen LogP contribution in [-0.4, -0.2) is 34.9 Å². The number of carbonyl (C=O) groups is 2. The number of rotatable bonds is 7. The Morgan fingerprint density at radius 1 is 1.06 bits per heavy atom. The van der Waals surface area contributed by atoms with Crippen LogP contribution < -0.4 is 21.7 Å². The first-order chi connectivity index (χ1) is 15.9. The number of hydrogen-bond acceptors (Lipinski definition) is 5. The van der Waals surface area contributed by atoms with Crippen molar-refractivity contribution in [1.82, 2.24) is 9.88 Å². The van der Waals surface area contributed by atoms with Gasteiger partial charge in [0.25, 0.3) is 5.91 Å². The molecule has 33 heavy (non-hydrogen) atoms. The van der Waals surface area contributed by atoms with E-state index in [0.29, 0.717) is 35.8 Å². The topological polar surface area (TPSA) is 112 Å². The number of nitrogens with zero attached hydrogens (tertiary/aromatic N) is 2. The van der Waals surface area contributed by atoms with Crippen LogP contribution >= 0.6 is 0 Å². The summed E-state index contributed by atoms with van der Waals surface area (Å²) in [6.45, 7) is 1.55. The normalized spacial score (nSPS) is 12.6. The number of primary amides is 1. The molecule has 3 aromatic rings. The van der Waals surface area contributed by atoms with Gasteiger partial charge >= 0.3 is 6.03 Å². The number of aromatic nitrogens is 1. The fraction of sp³-hybridized carbons (Fsp3) is 0.174. The van der Waals surface area contributed by atoms with Gasteiger partial charge in [-0.05, 0) is 42.3 Å². The minimum absolute atomic E-state index is 0.0371. The Bertz CT molecular complexity index is 1200. The van der Waals surface area contributed by atoms with Crippen molar-refractivity contribution in [2.45, 2.75) is 13.0 Å². The van der Waals surface area contributed by atoms with E-state index in [1.54, 1.807) is 23.1 Å². The van der Waals surface area contributed by atoms with Gasteiger partial charge in [-0.25, -0.2) is 18.6 Å². The van der Waals surface area contributed by atoms with Gasteiger partial charge in [-0.2, -0.15) is 0 Å². The van der Waals surface area contributed by atoms with Gasteiger partial charge in [0.05, 0.1) is 16.9 Å². The molecule has 0 aliphatic carbocycles. The molecule has 1 fully saturated rings. The van der Waals surface area contributed by atoms with Crippen molar-refractivity contribution in [3.05, 3.63) is 77.5 Å². The molecule has 1 aliphatic heterocycles. The molecule has 1 aliphatic rings. The zero-order chi connectivity index (χ0) is 23.4. The van der Waals surface area contributed by atoms with Gasteiger partial charge in [-0.3, -0.25) is 4.79 Å². The van der Waals surface area contributed by atoms with E-state index in [1.165, 1.54) is 36.5 Å². The summed E-state index contributed by atoms with van der Waals surface area (Å²) in [7, 11) is 0. The third-order valence-corrected chi connectivity index (χ3v) is 5.17. The number of halogens is 2. The molecule has 5 N–H and O–H groups in total. The Kier molecular flexibility index (Phi) is 6.34. The Morgan fingerprint density at radius 2 is 1.88 bits per heavy atom. The molecule has 2 aromatic carbocycles. The van der Waals surface area contributed by atoms with Crippen molar-refractivity contribution in [3.63, 3.8) is 0 Å². The largest absolute Gasteiger partial charge is 0.380 e. The summed E-state index contributed by atoms with van der Waals surface area (Å²) in [5.74, 6) is -1.25. The lowest BCUT2D eigenvalue weighted by Crippen LogP contribution is -2.44. The molecule has 1 aromatic heterocycles. The lowest BCUT2D eigenvalue weighted by Gasteiger charge is -2.30. The summed E-state index contributed by atoms with van der Waals surface area (Å²) < 4.78 is 27.6. The van der Waals surface area contributed by atoms with E-state index in [1.807, 2.05) is 0 Å². The smallest absolute Gasteiger partial charge is 0.321 e. The van der Waals surface area contributed by atoms with E-state index >= 15 is 0 Å². The minimum Gasteiger partial charge on any atom is -0.380 e. The van der Waals surface area contributed by atoms with Crippen molar-refractivity contribution in [2.24, 2.45) is 5.73 Å². The molecule has 4 rings (SSSR count). The Balaban J connectivity index is 1.51. The highest BCUT2D eigenvalue weighted by molar-refractivity contribution is 5.98. The number of amides is 3. The third-order valence-electron chi connectivity index (χ3n) is 5.17. The molecular formula is C23H22F2N6O2. The van der Waals surface area contributed by atoms with Crippen LogP contribution in [0, 0.1) is 11.6 Å². The highest BCUT2D eigenvalue weighted by Gasteiger charge is 2.21. The van der Waals surface area contributed by atoms with Gasteiger partial charge < -0.3 is 26.6 Å². The second-order valence-electron chi connectivity index (χ2n) is 7.55. The zero-order valence-electron chi connectivity index (χ0n) is 17.6. The highest BCUT2D eigenvalue weighted by Crippen LogP contribution is 2.26. The molecule has 3 amide bonds. The maximum atomic E-state index is 14.2. The lowest BCUT2D eigenvalue weighted by molar-refractivity contribution is 0.100. The maximum absolute atomic E-state index is 14.2. The number of urea groups is 1. The lowest BCUT2D eigenvalue weighted by atomic mass is 10.2. The van der Waals surface area contributed by atoms with Gasteiger partial charge in [0, 0.05) is 37.6 Å². The van der Waals surface area contributed by atoms with Gasteiger partial charge in [0.2, 0.25) is 0 Å². The molecule has 0 spiro atoms. The summed E-state index contributed by atoms with van der Waals surface area (Å²) in [5, 5.41) is 8.65. The Morgan fingerprint density at radius 3 is 2.58 bits per heavy atom. The minimum atomic E-state index is -0.673. The maximum Gasteiger partial charge on any atom is 0.321 e. The standard InChI is InChI=1S/C23H22F2N6O2/c24-15-4-1-3-14(9-15)12-27-19-11-21(28-13-17(19)22(26)32)29-16-5-6-18(25)20(10-16)30-23(33)31-7-2-8-31/h1,3-6,9-11,13H,2,7-8,12H2,(H2,26,32)(H,30,33)(H2,27,28,29). The van der Waals surface area contributed by atoms with Gasteiger partial charge in [0.1, 0.15) is 17.5 Å². The quantitative estimate of drug-likeness (QED) is 0.432. The van der Waals surface area contributed by atoms with E-state index in [9.17, 15) is 18.4 Å². The number of pyridine rings is 1. The van der Waals surface area contributed by atoms with Crippen LogP contribution in [0.4, 0.5) is 36.5 Å². The summed E-state index contributed by atoms with van der Waals surface area (Å²) in [6, 6.07) is 11.5. The van der Waals surface area contributed by atoms with Crippen LogP contribution in [0.2, 0.25) is 0 Å². The van der Waals surface area contributed by atoms with Crippen LogP contribution in [0.25, 0.3) is 0 Å². The molecule has 0 atom stereocenters. The number of likely N-dealkylation sites (tertiary alicyclic amines) is 1. The molecule has 0 saturated carbocycles. The number of anilines is 4. The van der Waals surface area contributed by atoms with Crippen molar-refractivity contribution >= 4 is 34.8 Å². The Labute approximate surface area is 188 Å². The zero-order valence-corrected chi connectivity index (χ0v) is 17.6. The summed E-state index contributed by atoms with van der Waals surface area (Å²) in [6.07, 6.45) is 2.24. The number of nitrogens with two attached hydrogens (primary N) is 1.